The van der Waals surface area contributed by atoms with Gasteiger partial charge in [0.25, 0.3) is 0 Å². The van der Waals surface area contributed by atoms with E-state index < -0.39 is 5.60 Å². The number of hydrogen-bond acceptors (Lipinski definition) is 6. The first-order valence-corrected chi connectivity index (χ1v) is 9.14. The number of anilines is 1. The van der Waals surface area contributed by atoms with E-state index in [2.05, 4.69) is 28.7 Å². The van der Waals surface area contributed by atoms with Crippen molar-refractivity contribution in [2.45, 2.75) is 72.6 Å². The van der Waals surface area contributed by atoms with Gasteiger partial charge in [-0.3, -0.25) is 4.79 Å². The summed E-state index contributed by atoms with van der Waals surface area (Å²) in [5.74, 6) is 0.672. The zero-order valence-corrected chi connectivity index (χ0v) is 16.9. The maximum Gasteiger partial charge on any atom is 0.410 e. The molecule has 2 atom stereocenters. The average molecular weight is 362 g/mol. The number of ketones is 1. The number of carbonyl (C=O) groups excluding carboxylic acids is 2. The van der Waals surface area contributed by atoms with Gasteiger partial charge in [-0.1, -0.05) is 6.92 Å². The third kappa shape index (κ3) is 4.51. The average Bonchev–Trinajstić information content (AvgIpc) is 2.53. The molecular weight excluding hydrogens is 332 g/mol. The minimum absolute atomic E-state index is 0.0368. The van der Waals surface area contributed by atoms with Crippen LogP contribution in [0.25, 0.3) is 0 Å². The van der Waals surface area contributed by atoms with Crippen molar-refractivity contribution in [2.24, 2.45) is 0 Å². The van der Waals surface area contributed by atoms with E-state index in [0.29, 0.717) is 18.8 Å². The lowest BCUT2D eigenvalue weighted by atomic mass is 10.1. The number of aromatic nitrogens is 2. The Morgan fingerprint density at radius 2 is 1.96 bits per heavy atom. The van der Waals surface area contributed by atoms with Crippen LogP contribution in [0.1, 0.15) is 64.1 Å². The summed E-state index contributed by atoms with van der Waals surface area (Å²) < 4.78 is 5.57. The molecule has 0 aromatic carbocycles. The Kier molecular flexibility index (Phi) is 5.88. The summed E-state index contributed by atoms with van der Waals surface area (Å²) in [5.41, 5.74) is 0.587. The van der Waals surface area contributed by atoms with Crippen LogP contribution < -0.4 is 4.90 Å². The molecule has 1 amide bonds. The normalized spacial score (nSPS) is 20.9. The Labute approximate surface area is 155 Å². The van der Waals surface area contributed by atoms with Crippen LogP contribution in [-0.2, 0) is 4.74 Å². The maximum absolute atomic E-state index is 12.6. The zero-order valence-electron chi connectivity index (χ0n) is 16.9. The second-order valence-electron chi connectivity index (χ2n) is 7.92. The van der Waals surface area contributed by atoms with E-state index >= 15 is 0 Å². The van der Waals surface area contributed by atoms with E-state index in [9.17, 15) is 9.59 Å². The number of Topliss-reactive ketones (excluding diaryl/α,β-unsaturated/α-hetero) is 1. The second-order valence-corrected chi connectivity index (χ2v) is 7.92. The molecule has 1 aromatic rings. The van der Waals surface area contributed by atoms with Gasteiger partial charge in [-0.25, -0.2) is 14.8 Å². The van der Waals surface area contributed by atoms with Gasteiger partial charge in [0.15, 0.2) is 5.78 Å². The van der Waals surface area contributed by atoms with Gasteiger partial charge in [-0.15, -0.1) is 0 Å². The lowest BCUT2D eigenvalue weighted by Gasteiger charge is -2.45. The fraction of sp³-hybridized carbons (Fsp3) is 0.684. The third-order valence-electron chi connectivity index (χ3n) is 4.49. The summed E-state index contributed by atoms with van der Waals surface area (Å²) in [7, 11) is 0. The number of hydrogen-bond donors (Lipinski definition) is 0. The molecule has 1 fully saturated rings. The van der Waals surface area contributed by atoms with Crippen LogP contribution in [0.3, 0.4) is 0 Å². The topological polar surface area (TPSA) is 75.6 Å². The van der Waals surface area contributed by atoms with E-state index in [1.54, 1.807) is 0 Å². The van der Waals surface area contributed by atoms with E-state index in [1.807, 2.05) is 32.6 Å². The molecule has 144 valence electrons. The SMILES string of the molecule is CC[C@H]1CN(c2ncc(C(C)=O)nc2C)[C@H](C)CN1C(=O)OC(C)(C)C. The fourth-order valence-corrected chi connectivity index (χ4v) is 3.15. The quantitative estimate of drug-likeness (QED) is 0.769. The Bertz CT molecular complexity index is 684. The van der Waals surface area contributed by atoms with Gasteiger partial charge in [-0.05, 0) is 41.0 Å². The van der Waals surface area contributed by atoms with Crippen LogP contribution in [0.5, 0.6) is 0 Å². The third-order valence-corrected chi connectivity index (χ3v) is 4.49. The van der Waals surface area contributed by atoms with Crippen molar-refractivity contribution < 1.29 is 14.3 Å². The van der Waals surface area contributed by atoms with Crippen LogP contribution in [0.15, 0.2) is 6.20 Å². The highest BCUT2D eigenvalue weighted by atomic mass is 16.6. The minimum Gasteiger partial charge on any atom is -0.444 e. The second kappa shape index (κ2) is 7.60. The summed E-state index contributed by atoms with van der Waals surface area (Å²) in [6.07, 6.45) is 2.07. The first kappa shape index (κ1) is 20.1. The van der Waals surface area contributed by atoms with Gasteiger partial charge >= 0.3 is 6.09 Å². The molecular formula is C19H30N4O3. The van der Waals surface area contributed by atoms with E-state index in [1.165, 1.54) is 13.1 Å². The van der Waals surface area contributed by atoms with Crippen LogP contribution >= 0.6 is 0 Å². The summed E-state index contributed by atoms with van der Waals surface area (Å²) in [5, 5.41) is 0. The summed E-state index contributed by atoms with van der Waals surface area (Å²) in [4.78, 5) is 36.9. The summed E-state index contributed by atoms with van der Waals surface area (Å²) in [6.45, 7) is 14.3. The number of carbonyl (C=O) groups is 2. The minimum atomic E-state index is -0.514. The van der Waals surface area contributed by atoms with Crippen molar-refractivity contribution in [3.05, 3.63) is 17.6 Å². The van der Waals surface area contributed by atoms with Crippen molar-refractivity contribution in [2.75, 3.05) is 18.0 Å². The van der Waals surface area contributed by atoms with Gasteiger partial charge in [0.1, 0.15) is 17.1 Å². The Morgan fingerprint density at radius 3 is 2.46 bits per heavy atom. The molecule has 0 N–H and O–H groups in total. The van der Waals surface area contributed by atoms with Crippen molar-refractivity contribution in [3.8, 4) is 0 Å². The van der Waals surface area contributed by atoms with Crippen LogP contribution in [0.4, 0.5) is 10.6 Å². The molecule has 1 saturated heterocycles. The molecule has 2 rings (SSSR count). The highest BCUT2D eigenvalue weighted by molar-refractivity contribution is 5.92. The van der Waals surface area contributed by atoms with Crippen LogP contribution in [0.2, 0.25) is 0 Å². The number of amides is 1. The van der Waals surface area contributed by atoms with Gasteiger partial charge in [-0.2, -0.15) is 0 Å². The predicted molar refractivity (Wildman–Crippen MR) is 101 cm³/mol. The maximum atomic E-state index is 12.6. The molecule has 1 aliphatic rings. The van der Waals surface area contributed by atoms with Crippen molar-refractivity contribution in [1.29, 1.82) is 0 Å². The fourth-order valence-electron chi connectivity index (χ4n) is 3.15. The van der Waals surface area contributed by atoms with Crippen LogP contribution in [0, 0.1) is 6.92 Å². The molecule has 2 heterocycles. The molecule has 7 nitrogen and oxygen atoms in total. The highest BCUT2D eigenvalue weighted by Gasteiger charge is 2.36. The summed E-state index contributed by atoms with van der Waals surface area (Å²) in [6, 6.07) is 0.108. The zero-order chi connectivity index (χ0) is 19.6. The molecule has 0 aliphatic carbocycles. The van der Waals surface area contributed by atoms with Gasteiger partial charge < -0.3 is 14.5 Å². The lowest BCUT2D eigenvalue weighted by molar-refractivity contribution is 0.0105. The monoisotopic (exact) mass is 362 g/mol. The Hall–Kier alpha value is -2.18. The highest BCUT2D eigenvalue weighted by Crippen LogP contribution is 2.26. The molecule has 26 heavy (non-hydrogen) atoms. The van der Waals surface area contributed by atoms with E-state index in [0.717, 1.165) is 17.9 Å². The molecule has 7 heteroatoms. The van der Waals surface area contributed by atoms with Crippen molar-refractivity contribution in [3.63, 3.8) is 0 Å². The molecule has 0 spiro atoms. The van der Waals surface area contributed by atoms with Crippen molar-refractivity contribution >= 4 is 17.7 Å². The standard InChI is InChI=1S/C19H30N4O3/c1-8-15-11-22(17-13(3)21-16(9-20-17)14(4)24)12(2)10-23(15)18(25)26-19(5,6)7/h9,12,15H,8,10-11H2,1-7H3/t12-,15+/m1/s1. The molecule has 1 aliphatic heterocycles. The lowest BCUT2D eigenvalue weighted by Crippen LogP contribution is -2.60. The van der Waals surface area contributed by atoms with E-state index in [-0.39, 0.29) is 24.0 Å². The predicted octanol–water partition coefficient (Wildman–Crippen LogP) is 3.21. The number of piperazine rings is 1. The number of aryl methyl sites for hydroxylation is 1. The smallest absolute Gasteiger partial charge is 0.410 e. The van der Waals surface area contributed by atoms with Gasteiger partial charge in [0.05, 0.1) is 17.9 Å². The number of ether oxygens (including phenoxy) is 1. The Morgan fingerprint density at radius 1 is 1.31 bits per heavy atom. The molecule has 0 bridgehead atoms. The molecule has 0 saturated carbocycles. The molecule has 0 unspecified atom stereocenters. The Balaban J connectivity index is 2.22. The molecule has 0 radical (unpaired) electrons. The largest absolute Gasteiger partial charge is 0.444 e. The van der Waals surface area contributed by atoms with Crippen molar-refractivity contribution in [1.82, 2.24) is 14.9 Å². The summed E-state index contributed by atoms with van der Waals surface area (Å²) >= 11 is 0. The van der Waals surface area contributed by atoms with Gasteiger partial charge in [0, 0.05) is 26.1 Å². The number of rotatable bonds is 3. The first-order chi connectivity index (χ1) is 12.0. The molecule has 1 aromatic heterocycles. The number of nitrogens with zero attached hydrogens (tertiary/aromatic N) is 4. The van der Waals surface area contributed by atoms with Gasteiger partial charge in [0.2, 0.25) is 0 Å². The van der Waals surface area contributed by atoms with Crippen LogP contribution in [-0.4, -0.2) is 57.5 Å². The van der Waals surface area contributed by atoms with E-state index in [4.69, 9.17) is 4.74 Å². The first-order valence-electron chi connectivity index (χ1n) is 9.14.